The average Bonchev–Trinajstić information content (AvgIpc) is 3.09. The highest BCUT2D eigenvalue weighted by molar-refractivity contribution is 5.87. The molecule has 5 nitrogen and oxygen atoms in total. The summed E-state index contributed by atoms with van der Waals surface area (Å²) in [6.45, 7) is 3.99. The van der Waals surface area contributed by atoms with Gasteiger partial charge in [0.1, 0.15) is 11.6 Å². The SMILES string of the molecule is Cc1ccc(-n2nc(C)c3c2OC(N)=C(C#N)[C@@H]3c2cccc3ccccc23)cc1. The van der Waals surface area contributed by atoms with Crippen molar-refractivity contribution in [3.05, 3.63) is 101 Å². The molecule has 1 atom stereocenters. The zero-order chi connectivity index (χ0) is 20.8. The molecule has 0 unspecified atom stereocenters. The largest absolute Gasteiger partial charge is 0.422 e. The minimum Gasteiger partial charge on any atom is -0.422 e. The van der Waals surface area contributed by atoms with Crippen molar-refractivity contribution < 1.29 is 4.74 Å². The number of rotatable bonds is 2. The average molecular weight is 392 g/mol. The van der Waals surface area contributed by atoms with E-state index in [4.69, 9.17) is 15.6 Å². The van der Waals surface area contributed by atoms with E-state index in [1.165, 1.54) is 0 Å². The Balaban J connectivity index is 1.79. The van der Waals surface area contributed by atoms with Crippen molar-refractivity contribution in [2.45, 2.75) is 19.8 Å². The number of hydrogen-bond donors (Lipinski definition) is 1. The summed E-state index contributed by atoms with van der Waals surface area (Å²) < 4.78 is 7.74. The van der Waals surface area contributed by atoms with Gasteiger partial charge in [0.05, 0.1) is 22.9 Å². The van der Waals surface area contributed by atoms with Gasteiger partial charge in [0, 0.05) is 0 Å². The molecule has 0 saturated carbocycles. The van der Waals surface area contributed by atoms with E-state index in [2.05, 4.69) is 30.3 Å². The molecule has 1 aliphatic rings. The third kappa shape index (κ3) is 2.66. The van der Waals surface area contributed by atoms with E-state index in [0.717, 1.165) is 38.8 Å². The molecule has 4 aromatic rings. The molecule has 3 aromatic carbocycles. The number of benzene rings is 3. The van der Waals surface area contributed by atoms with Crippen LogP contribution in [0.2, 0.25) is 0 Å². The lowest BCUT2D eigenvalue weighted by Gasteiger charge is -2.25. The fourth-order valence-corrected chi connectivity index (χ4v) is 4.19. The van der Waals surface area contributed by atoms with Crippen LogP contribution in [0.15, 0.2) is 78.2 Å². The summed E-state index contributed by atoms with van der Waals surface area (Å²) >= 11 is 0. The van der Waals surface area contributed by atoms with Gasteiger partial charge < -0.3 is 10.5 Å². The summed E-state index contributed by atoms with van der Waals surface area (Å²) in [6, 6.07) is 24.6. The lowest BCUT2D eigenvalue weighted by atomic mass is 9.82. The van der Waals surface area contributed by atoms with Gasteiger partial charge in [0.2, 0.25) is 11.8 Å². The molecule has 0 bridgehead atoms. The first-order valence-electron chi connectivity index (χ1n) is 9.80. The third-order valence-electron chi connectivity index (χ3n) is 5.65. The Morgan fingerprint density at radius 3 is 2.50 bits per heavy atom. The van der Waals surface area contributed by atoms with Crippen LogP contribution in [0.3, 0.4) is 0 Å². The molecule has 146 valence electrons. The maximum absolute atomic E-state index is 9.94. The molecule has 2 heterocycles. The molecule has 0 fully saturated rings. The number of nitrogens with zero attached hydrogens (tertiary/aromatic N) is 3. The molecule has 0 aliphatic carbocycles. The predicted molar refractivity (Wildman–Crippen MR) is 116 cm³/mol. The minimum atomic E-state index is -0.343. The van der Waals surface area contributed by atoms with E-state index in [0.29, 0.717) is 11.5 Å². The Morgan fingerprint density at radius 2 is 1.73 bits per heavy atom. The van der Waals surface area contributed by atoms with E-state index in [1.54, 1.807) is 4.68 Å². The summed E-state index contributed by atoms with van der Waals surface area (Å²) in [5.74, 6) is 0.339. The van der Waals surface area contributed by atoms with Gasteiger partial charge in [-0.15, -0.1) is 0 Å². The molecule has 5 heteroatoms. The van der Waals surface area contributed by atoms with Gasteiger partial charge >= 0.3 is 0 Å². The van der Waals surface area contributed by atoms with Crippen LogP contribution in [0.4, 0.5) is 0 Å². The minimum absolute atomic E-state index is 0.121. The van der Waals surface area contributed by atoms with Crippen LogP contribution < -0.4 is 10.5 Å². The monoisotopic (exact) mass is 392 g/mol. The van der Waals surface area contributed by atoms with Crippen molar-refractivity contribution in [3.63, 3.8) is 0 Å². The first-order valence-corrected chi connectivity index (χ1v) is 9.80. The number of aromatic nitrogens is 2. The van der Waals surface area contributed by atoms with Crippen molar-refractivity contribution in [2.75, 3.05) is 0 Å². The Morgan fingerprint density at radius 1 is 1.00 bits per heavy atom. The fraction of sp³-hybridized carbons (Fsp3) is 0.120. The van der Waals surface area contributed by atoms with Crippen molar-refractivity contribution in [3.8, 4) is 17.6 Å². The summed E-state index contributed by atoms with van der Waals surface area (Å²) in [4.78, 5) is 0. The lowest BCUT2D eigenvalue weighted by Crippen LogP contribution is -2.22. The van der Waals surface area contributed by atoms with Gasteiger partial charge in [0.15, 0.2) is 0 Å². The number of ether oxygens (including phenoxy) is 1. The molecule has 1 aromatic heterocycles. The molecular weight excluding hydrogens is 372 g/mol. The first kappa shape index (κ1) is 18.0. The highest BCUT2D eigenvalue weighted by Crippen LogP contribution is 2.46. The van der Waals surface area contributed by atoms with Crippen LogP contribution in [0, 0.1) is 25.2 Å². The van der Waals surface area contributed by atoms with Crippen LogP contribution in [0.5, 0.6) is 5.88 Å². The topological polar surface area (TPSA) is 76.9 Å². The Kier molecular flexibility index (Phi) is 4.07. The quantitative estimate of drug-likeness (QED) is 0.528. The van der Waals surface area contributed by atoms with E-state index in [9.17, 15) is 5.26 Å². The molecule has 5 rings (SSSR count). The van der Waals surface area contributed by atoms with E-state index in [1.807, 2.05) is 56.3 Å². The van der Waals surface area contributed by atoms with Gasteiger partial charge in [-0.2, -0.15) is 10.4 Å². The highest BCUT2D eigenvalue weighted by atomic mass is 16.5. The van der Waals surface area contributed by atoms with Gasteiger partial charge in [-0.25, -0.2) is 4.68 Å². The molecule has 1 aliphatic heterocycles. The number of fused-ring (bicyclic) bond motifs is 2. The number of hydrogen-bond acceptors (Lipinski definition) is 4. The van der Waals surface area contributed by atoms with E-state index < -0.39 is 0 Å². The van der Waals surface area contributed by atoms with Crippen LogP contribution in [0.25, 0.3) is 16.5 Å². The molecule has 2 N–H and O–H groups in total. The molecule has 0 saturated heterocycles. The second kappa shape index (κ2) is 6.78. The fourth-order valence-electron chi connectivity index (χ4n) is 4.19. The van der Waals surface area contributed by atoms with Crippen molar-refractivity contribution >= 4 is 10.8 Å². The van der Waals surface area contributed by atoms with Gasteiger partial charge in [0.25, 0.3) is 0 Å². The van der Waals surface area contributed by atoms with Gasteiger partial charge in [-0.3, -0.25) is 0 Å². The first-order chi connectivity index (χ1) is 14.6. The van der Waals surface area contributed by atoms with Crippen LogP contribution >= 0.6 is 0 Å². The maximum Gasteiger partial charge on any atom is 0.229 e. The second-order valence-corrected chi connectivity index (χ2v) is 7.54. The second-order valence-electron chi connectivity index (χ2n) is 7.54. The van der Waals surface area contributed by atoms with Gasteiger partial charge in [-0.1, -0.05) is 60.2 Å². The zero-order valence-corrected chi connectivity index (χ0v) is 16.8. The third-order valence-corrected chi connectivity index (χ3v) is 5.65. The Bertz CT molecular complexity index is 1350. The standard InChI is InChI=1S/C25H20N4O/c1-15-10-12-18(13-11-15)29-25-22(16(2)28-29)23(21(14-26)24(27)30-25)20-9-5-7-17-6-3-4-8-19(17)20/h3-13,23H,27H2,1-2H3/t23-/m0/s1. The molecular formula is C25H20N4O. The summed E-state index contributed by atoms with van der Waals surface area (Å²) in [6.07, 6.45) is 0. The maximum atomic E-state index is 9.94. The smallest absolute Gasteiger partial charge is 0.229 e. The number of aryl methyl sites for hydroxylation is 2. The van der Waals surface area contributed by atoms with E-state index in [-0.39, 0.29) is 11.8 Å². The number of nitriles is 1. The normalized spacial score (nSPS) is 15.6. The Hall–Kier alpha value is -4.04. The van der Waals surface area contributed by atoms with Gasteiger partial charge in [-0.05, 0) is 42.3 Å². The van der Waals surface area contributed by atoms with Crippen LogP contribution in [0.1, 0.15) is 28.3 Å². The van der Waals surface area contributed by atoms with Crippen LogP contribution in [-0.4, -0.2) is 9.78 Å². The predicted octanol–water partition coefficient (Wildman–Crippen LogP) is 4.86. The number of allylic oxidation sites excluding steroid dienone is 1. The summed E-state index contributed by atoms with van der Waals surface area (Å²) in [5, 5.41) is 16.9. The Labute approximate surface area is 174 Å². The molecule has 0 amide bonds. The lowest BCUT2D eigenvalue weighted by molar-refractivity contribution is 0.367. The number of nitrogens with two attached hydrogens (primary N) is 1. The summed E-state index contributed by atoms with van der Waals surface area (Å²) in [7, 11) is 0. The zero-order valence-electron chi connectivity index (χ0n) is 16.8. The van der Waals surface area contributed by atoms with E-state index >= 15 is 0 Å². The molecule has 30 heavy (non-hydrogen) atoms. The van der Waals surface area contributed by atoms with Crippen molar-refractivity contribution in [2.24, 2.45) is 5.73 Å². The summed E-state index contributed by atoms with van der Waals surface area (Å²) in [5.41, 5.74) is 11.4. The molecule has 0 radical (unpaired) electrons. The van der Waals surface area contributed by atoms with Crippen molar-refractivity contribution in [1.82, 2.24) is 9.78 Å². The van der Waals surface area contributed by atoms with Crippen molar-refractivity contribution in [1.29, 1.82) is 5.26 Å². The molecule has 0 spiro atoms. The van der Waals surface area contributed by atoms with Crippen LogP contribution in [-0.2, 0) is 0 Å². The highest BCUT2D eigenvalue weighted by Gasteiger charge is 2.36.